The number of thiophene rings is 1. The molecule has 0 radical (unpaired) electrons. The molecular weight excluding hydrogens is 1150 g/mol. The number of fused-ring (bicyclic) bond motifs is 1. The molecule has 0 unspecified atom stereocenters. The summed E-state index contributed by atoms with van der Waals surface area (Å²) in [5.41, 5.74) is 7.70. The van der Waals surface area contributed by atoms with Crippen molar-refractivity contribution >= 4 is 52.8 Å². The van der Waals surface area contributed by atoms with Gasteiger partial charge in [-0.25, -0.2) is 18.6 Å². The molecule has 85 heavy (non-hydrogen) atoms. The van der Waals surface area contributed by atoms with Gasteiger partial charge in [0.1, 0.15) is 11.9 Å². The van der Waals surface area contributed by atoms with Crippen LogP contribution in [0.4, 0.5) is 28.0 Å². The molecule has 1 aliphatic carbocycles. The van der Waals surface area contributed by atoms with Gasteiger partial charge in [-0.15, -0.1) is 11.3 Å². The maximum atomic E-state index is 13.8. The van der Waals surface area contributed by atoms with Crippen molar-refractivity contribution in [2.75, 3.05) is 191 Å². The molecule has 1 saturated heterocycles. The third kappa shape index (κ3) is 29.1. The van der Waals surface area contributed by atoms with Crippen LogP contribution in [-0.2, 0) is 77.8 Å². The highest BCUT2D eigenvalue weighted by Gasteiger charge is 2.27. The van der Waals surface area contributed by atoms with Crippen LogP contribution in [0.25, 0.3) is 6.08 Å². The Morgan fingerprint density at radius 1 is 0.647 bits per heavy atom. The monoisotopic (exact) mass is 1230 g/mol. The van der Waals surface area contributed by atoms with Crippen molar-refractivity contribution in [3.8, 4) is 5.75 Å². The number of nitrogens with two attached hydrogens (primary N) is 1. The third-order valence-electron chi connectivity index (χ3n) is 13.0. The van der Waals surface area contributed by atoms with Gasteiger partial charge in [-0.2, -0.15) is 8.78 Å². The molecule has 1 saturated carbocycles. The second kappa shape index (κ2) is 42.8. The lowest BCUT2D eigenvalue weighted by molar-refractivity contribution is -0.136. The van der Waals surface area contributed by atoms with Crippen molar-refractivity contribution in [1.29, 1.82) is 0 Å². The lowest BCUT2D eigenvalue weighted by Gasteiger charge is -2.34. The van der Waals surface area contributed by atoms with Gasteiger partial charge >= 0.3 is 12.1 Å². The minimum absolute atomic E-state index is 0.0153. The van der Waals surface area contributed by atoms with E-state index in [4.69, 9.17) is 62.6 Å². The van der Waals surface area contributed by atoms with E-state index in [2.05, 4.69) is 19.9 Å². The number of carbonyl (C=O) groups excluding carboxylic acids is 4. The first-order chi connectivity index (χ1) is 41.4. The lowest BCUT2D eigenvalue weighted by atomic mass is 9.96. The molecule has 1 aromatic carbocycles. The number of esters is 1. The number of nitrogens with zero attached hydrogens (tertiary/aromatic N) is 4. The Balaban J connectivity index is 0.726. The van der Waals surface area contributed by atoms with Crippen molar-refractivity contribution in [1.82, 2.24) is 20.0 Å². The molecule has 28 heteroatoms. The van der Waals surface area contributed by atoms with Crippen LogP contribution in [0.3, 0.4) is 0 Å². The summed E-state index contributed by atoms with van der Waals surface area (Å²) in [6.45, 7) is 14.6. The molecule has 3 aliphatic rings. The number of hydrogen-bond donors (Lipinski definition) is 2. The molecule has 1 aromatic heterocycles. The van der Waals surface area contributed by atoms with Crippen molar-refractivity contribution in [3.63, 3.8) is 0 Å². The first-order valence-corrected chi connectivity index (χ1v) is 30.0. The summed E-state index contributed by atoms with van der Waals surface area (Å²) in [6, 6.07) is 2.06. The molecule has 2 aromatic rings. The number of nitrogens with one attached hydrogen (secondary N) is 1. The van der Waals surface area contributed by atoms with Crippen molar-refractivity contribution in [3.05, 3.63) is 50.7 Å². The number of halogens is 4. The van der Waals surface area contributed by atoms with Crippen LogP contribution in [0.15, 0.2) is 22.7 Å². The Hall–Kier alpha value is -4.95. The number of carbonyl (C=O) groups is 4. The van der Waals surface area contributed by atoms with Crippen molar-refractivity contribution in [2.45, 2.75) is 70.9 Å². The van der Waals surface area contributed by atoms with Crippen LogP contribution in [0.2, 0.25) is 0 Å². The van der Waals surface area contributed by atoms with Gasteiger partial charge in [0, 0.05) is 75.3 Å². The van der Waals surface area contributed by atoms with Crippen LogP contribution in [-0.4, -0.2) is 242 Å². The minimum Gasteiger partial charge on any atom is -0.446 e. The molecule has 0 bridgehead atoms. The van der Waals surface area contributed by atoms with Gasteiger partial charge in [-0.1, -0.05) is 6.92 Å². The van der Waals surface area contributed by atoms with E-state index in [1.807, 2.05) is 28.9 Å². The summed E-state index contributed by atoms with van der Waals surface area (Å²) in [4.78, 5) is 63.2. The number of benzene rings is 1. The van der Waals surface area contributed by atoms with E-state index < -0.39 is 47.5 Å². The summed E-state index contributed by atoms with van der Waals surface area (Å²) in [5, 5.41) is 2.80. The fourth-order valence-electron chi connectivity index (χ4n) is 8.34. The average molecular weight is 1240 g/mol. The molecule has 2 fully saturated rings. The topological polar surface area (TPSA) is 248 Å². The summed E-state index contributed by atoms with van der Waals surface area (Å²) < 4.78 is 124. The standard InChI is InChI=1S/C57H86F4N6O17S/c1-2-10-67(11-4-9-63-57(71)83-44-5-3-6-44)56(70)43-38-49-48(64-50(62)39-43)40-45(85-49)42-65-12-14-66(15-13-65)51(68)7-16-72-18-20-74-22-24-76-26-28-78-30-32-80-34-36-82-37-35-81-33-31-79-29-27-77-25-23-75-21-19-73-17-8-52(69)84-55-53(60)46(58)41-47(59)54(55)61/h38,40-41,44H,2-37,39,42H2,1H3,(H2,62,64)(H,63,71). The van der Waals surface area contributed by atoms with Crippen molar-refractivity contribution in [2.24, 2.45) is 10.7 Å². The second-order valence-electron chi connectivity index (χ2n) is 19.6. The Morgan fingerprint density at radius 3 is 1.58 bits per heavy atom. The van der Waals surface area contributed by atoms with E-state index in [-0.39, 0.29) is 56.8 Å². The summed E-state index contributed by atoms with van der Waals surface area (Å²) >= 11 is 1.61. The minimum atomic E-state index is -1.80. The van der Waals surface area contributed by atoms with Gasteiger partial charge in [0.2, 0.25) is 29.2 Å². The quantitative estimate of drug-likeness (QED) is 0.0284. The van der Waals surface area contributed by atoms with Crippen LogP contribution >= 0.6 is 11.3 Å². The van der Waals surface area contributed by atoms with E-state index in [0.717, 1.165) is 54.2 Å². The Bertz CT molecular complexity index is 2300. The van der Waals surface area contributed by atoms with E-state index >= 15 is 0 Å². The maximum absolute atomic E-state index is 13.8. The lowest BCUT2D eigenvalue weighted by Crippen LogP contribution is -2.48. The number of alkyl carbamates (subject to hydrolysis) is 1. The smallest absolute Gasteiger partial charge is 0.407 e. The third-order valence-corrected chi connectivity index (χ3v) is 14.1. The SMILES string of the molecule is CCCN(CCCNC(=O)OC1CCC1)C(=O)C1=Cc2sc(CN3CCN(C(=O)CCOCCOCCOCCOCCOCCOCCOCCOCCOCCOCCOCCC(=O)Oc4c(F)c(F)cc(F)c4F)CC3)cc2N=C(N)C1. The highest BCUT2D eigenvalue weighted by Crippen LogP contribution is 2.36. The van der Waals surface area contributed by atoms with Crippen LogP contribution in [0, 0.1) is 23.3 Å². The van der Waals surface area contributed by atoms with Crippen LogP contribution in [0.1, 0.15) is 68.0 Å². The highest BCUT2D eigenvalue weighted by atomic mass is 32.1. The molecule has 3 heterocycles. The van der Waals surface area contributed by atoms with Crippen LogP contribution in [0.5, 0.6) is 5.75 Å². The summed E-state index contributed by atoms with van der Waals surface area (Å²) in [5.74, 6) is -9.14. The van der Waals surface area contributed by atoms with E-state index in [1.165, 1.54) is 0 Å². The second-order valence-corrected chi connectivity index (χ2v) is 20.8. The number of rotatable bonds is 47. The number of piperazine rings is 1. The molecule has 3 N–H and O–H groups in total. The van der Waals surface area contributed by atoms with Crippen molar-refractivity contribution < 1.29 is 98.3 Å². The predicted octanol–water partition coefficient (Wildman–Crippen LogP) is 5.20. The van der Waals surface area contributed by atoms with Gasteiger partial charge in [0.05, 0.1) is 169 Å². The van der Waals surface area contributed by atoms with Crippen LogP contribution < -0.4 is 15.8 Å². The van der Waals surface area contributed by atoms with Gasteiger partial charge in [0.25, 0.3) is 0 Å². The predicted molar refractivity (Wildman–Crippen MR) is 304 cm³/mol. The van der Waals surface area contributed by atoms with Gasteiger partial charge in [-0.05, 0) is 44.2 Å². The summed E-state index contributed by atoms with van der Waals surface area (Å²) in [7, 11) is 0. The van der Waals surface area contributed by atoms with E-state index in [1.54, 1.807) is 11.3 Å². The number of amidine groups is 1. The fraction of sp³-hybridized carbons (Fsp3) is 0.702. The van der Waals surface area contributed by atoms with Gasteiger partial charge in [0.15, 0.2) is 11.6 Å². The Labute approximate surface area is 498 Å². The average Bonchev–Trinajstić information content (AvgIpc) is 2.62. The zero-order valence-corrected chi connectivity index (χ0v) is 49.7. The zero-order chi connectivity index (χ0) is 60.7. The maximum Gasteiger partial charge on any atom is 0.407 e. The fourth-order valence-corrected chi connectivity index (χ4v) is 9.45. The number of ether oxygens (including phenoxy) is 13. The van der Waals surface area contributed by atoms with E-state index in [0.29, 0.717) is 182 Å². The molecule has 480 valence electrons. The largest absolute Gasteiger partial charge is 0.446 e. The van der Waals surface area contributed by atoms with E-state index in [9.17, 15) is 36.7 Å². The molecule has 0 atom stereocenters. The zero-order valence-electron chi connectivity index (χ0n) is 48.9. The van der Waals surface area contributed by atoms with Gasteiger partial charge < -0.3 is 82.4 Å². The normalized spacial score (nSPS) is 14.6. The number of hydrogen-bond acceptors (Lipinski definition) is 21. The Morgan fingerprint density at radius 2 is 1.12 bits per heavy atom. The first kappa shape index (κ1) is 70.8. The number of amides is 3. The molecule has 0 spiro atoms. The Kier molecular flexibility index (Phi) is 35.7. The highest BCUT2D eigenvalue weighted by molar-refractivity contribution is 7.13. The molecule has 23 nitrogen and oxygen atoms in total. The molecular formula is C57H86F4N6O17S. The molecule has 3 amide bonds. The summed E-state index contributed by atoms with van der Waals surface area (Å²) in [6.07, 6.45) is 6.06. The van der Waals surface area contributed by atoms with Gasteiger partial charge in [-0.3, -0.25) is 19.3 Å². The first-order valence-electron chi connectivity index (χ1n) is 29.2. The molecule has 5 rings (SSSR count). The number of aliphatic imine (C=N–C) groups is 1. The molecule has 2 aliphatic heterocycles.